The molecule has 0 aliphatic rings. The maximum absolute atomic E-state index is 12.0. The van der Waals surface area contributed by atoms with Gasteiger partial charge in [-0.25, -0.2) is 4.39 Å². The monoisotopic (exact) mass is 243 g/mol. The molecule has 0 saturated heterocycles. The van der Waals surface area contributed by atoms with Crippen molar-refractivity contribution in [1.82, 2.24) is 0 Å². The fourth-order valence-corrected chi connectivity index (χ4v) is 1.36. The minimum atomic E-state index is -3.34. The SMILES string of the molecule is FC(Cl)C([S])SCC(F)(F)Cl. The normalized spacial score (nSPS) is 18.0. The average molecular weight is 244 g/mol. The largest absolute Gasteiger partial charge is 0.330 e. The molecule has 0 bridgehead atoms. The van der Waals surface area contributed by atoms with Crippen LogP contribution in [0.25, 0.3) is 0 Å². The third-order valence-electron chi connectivity index (χ3n) is 0.617. The Bertz CT molecular complexity index is 116. The lowest BCUT2D eigenvalue weighted by atomic mass is 10.8. The first-order valence-corrected chi connectivity index (χ1v) is 4.78. The summed E-state index contributed by atoms with van der Waals surface area (Å²) in [4.78, 5) is 0. The highest BCUT2D eigenvalue weighted by Gasteiger charge is 2.27. The van der Waals surface area contributed by atoms with Crippen molar-refractivity contribution in [3.05, 3.63) is 0 Å². The van der Waals surface area contributed by atoms with E-state index in [-0.39, 0.29) is 0 Å². The highest BCUT2D eigenvalue weighted by molar-refractivity contribution is 8.10. The summed E-state index contributed by atoms with van der Waals surface area (Å²) < 4.78 is 34.7. The Morgan fingerprint density at radius 3 is 2.27 bits per heavy atom. The Morgan fingerprint density at radius 2 is 2.00 bits per heavy atom. The van der Waals surface area contributed by atoms with Crippen molar-refractivity contribution in [3.8, 4) is 0 Å². The van der Waals surface area contributed by atoms with Crippen molar-refractivity contribution in [2.75, 3.05) is 5.75 Å². The van der Waals surface area contributed by atoms with E-state index in [1.165, 1.54) is 0 Å². The molecule has 0 aromatic carbocycles. The molecule has 0 fully saturated rings. The average Bonchev–Trinajstić information content (AvgIpc) is 1.80. The predicted molar refractivity (Wildman–Crippen MR) is 45.4 cm³/mol. The number of hydrogen-bond acceptors (Lipinski definition) is 1. The Kier molecular flexibility index (Phi) is 5.42. The quantitative estimate of drug-likeness (QED) is 0.681. The van der Waals surface area contributed by atoms with Gasteiger partial charge in [-0.1, -0.05) is 24.2 Å². The van der Waals surface area contributed by atoms with Crippen LogP contribution in [0.15, 0.2) is 0 Å². The molecule has 1 radical (unpaired) electrons. The molecule has 2 unspecified atom stereocenters. The first-order chi connectivity index (χ1) is 4.83. The lowest BCUT2D eigenvalue weighted by Crippen LogP contribution is -2.14. The van der Waals surface area contributed by atoms with Gasteiger partial charge in [0.05, 0.1) is 5.75 Å². The van der Waals surface area contributed by atoms with Crippen molar-refractivity contribution in [2.45, 2.75) is 15.6 Å². The molecule has 0 aliphatic carbocycles. The zero-order valence-electron chi connectivity index (χ0n) is 5.07. The van der Waals surface area contributed by atoms with Crippen LogP contribution in [-0.4, -0.2) is 21.3 Å². The molecule has 11 heavy (non-hydrogen) atoms. The summed E-state index contributed by atoms with van der Waals surface area (Å²) in [6.07, 6.45) is 0. The summed E-state index contributed by atoms with van der Waals surface area (Å²) in [6.45, 7) is 0. The van der Waals surface area contributed by atoms with Crippen LogP contribution in [0.3, 0.4) is 0 Å². The van der Waals surface area contributed by atoms with E-state index in [1.54, 1.807) is 0 Å². The maximum atomic E-state index is 12.0. The second-order valence-electron chi connectivity index (χ2n) is 1.63. The molecule has 7 heteroatoms. The van der Waals surface area contributed by atoms with Crippen LogP contribution >= 0.6 is 47.6 Å². The van der Waals surface area contributed by atoms with Gasteiger partial charge in [-0.3, -0.25) is 0 Å². The molecule has 0 aromatic rings. The van der Waals surface area contributed by atoms with Crippen LogP contribution in [0.2, 0.25) is 0 Å². The number of halogens is 5. The molecule has 0 spiro atoms. The summed E-state index contributed by atoms with van der Waals surface area (Å²) in [5.74, 6) is -0.726. The third kappa shape index (κ3) is 7.43. The summed E-state index contributed by atoms with van der Waals surface area (Å²) in [5, 5.41) is -3.34. The van der Waals surface area contributed by atoms with E-state index in [4.69, 9.17) is 11.6 Å². The van der Waals surface area contributed by atoms with Gasteiger partial charge in [0.2, 0.25) is 0 Å². The molecule has 0 N–H and O–H groups in total. The molecule has 2 atom stereocenters. The molecule has 0 amide bonds. The molecule has 0 nitrogen and oxygen atoms in total. The number of thioether (sulfide) groups is 1. The maximum Gasteiger partial charge on any atom is 0.330 e. The molecule has 0 rings (SSSR count). The first-order valence-electron chi connectivity index (χ1n) is 2.45. The van der Waals surface area contributed by atoms with Crippen molar-refractivity contribution < 1.29 is 13.2 Å². The summed E-state index contributed by atoms with van der Waals surface area (Å²) in [6, 6.07) is 0. The first kappa shape index (κ1) is 12.1. The standard InChI is InChI=1S/C4H4Cl2F3S2/c5-2(7)3(10)11-1-4(6,8)9/h2-3H,1H2. The molecule has 0 saturated carbocycles. The lowest BCUT2D eigenvalue weighted by Gasteiger charge is -2.11. The highest BCUT2D eigenvalue weighted by Crippen LogP contribution is 2.30. The third-order valence-corrected chi connectivity index (χ3v) is 3.20. The van der Waals surface area contributed by atoms with Gasteiger partial charge >= 0.3 is 5.38 Å². The number of rotatable bonds is 4. The highest BCUT2D eigenvalue weighted by atomic mass is 35.5. The van der Waals surface area contributed by atoms with E-state index in [1.807, 2.05) is 0 Å². The Labute approximate surface area is 82.2 Å². The van der Waals surface area contributed by atoms with Crippen LogP contribution in [0.5, 0.6) is 0 Å². The molecule has 0 heterocycles. The molecular weight excluding hydrogens is 240 g/mol. The van der Waals surface area contributed by atoms with Gasteiger partial charge in [0.15, 0.2) is 5.63 Å². The second kappa shape index (κ2) is 4.94. The van der Waals surface area contributed by atoms with Crippen molar-refractivity contribution >= 4 is 47.6 Å². The second-order valence-corrected chi connectivity index (χ2v) is 4.54. The fraction of sp³-hybridized carbons (Fsp3) is 1.00. The number of alkyl halides is 5. The van der Waals surface area contributed by atoms with Crippen LogP contribution in [-0.2, 0) is 0 Å². The lowest BCUT2D eigenvalue weighted by molar-refractivity contribution is 0.125. The van der Waals surface area contributed by atoms with Crippen LogP contribution < -0.4 is 0 Å². The van der Waals surface area contributed by atoms with Crippen LogP contribution in [0.1, 0.15) is 0 Å². The zero-order chi connectivity index (χ0) is 9.07. The van der Waals surface area contributed by atoms with Crippen LogP contribution in [0, 0.1) is 0 Å². The van der Waals surface area contributed by atoms with Crippen molar-refractivity contribution in [2.24, 2.45) is 0 Å². The van der Waals surface area contributed by atoms with Gasteiger partial charge in [-0.15, -0.1) is 11.8 Å². The predicted octanol–water partition coefficient (Wildman–Crippen LogP) is 3.61. The smallest absolute Gasteiger partial charge is 0.228 e. The molecule has 0 aliphatic heterocycles. The zero-order valence-corrected chi connectivity index (χ0v) is 8.21. The van der Waals surface area contributed by atoms with Gasteiger partial charge in [0.1, 0.15) is 4.58 Å². The van der Waals surface area contributed by atoms with E-state index in [9.17, 15) is 13.2 Å². The van der Waals surface area contributed by atoms with Gasteiger partial charge in [-0.2, -0.15) is 8.78 Å². The van der Waals surface area contributed by atoms with Crippen molar-refractivity contribution in [1.29, 1.82) is 0 Å². The van der Waals surface area contributed by atoms with E-state index in [0.717, 1.165) is 0 Å². The van der Waals surface area contributed by atoms with Crippen molar-refractivity contribution in [3.63, 3.8) is 0 Å². The van der Waals surface area contributed by atoms with E-state index in [0.29, 0.717) is 11.8 Å². The van der Waals surface area contributed by atoms with E-state index in [2.05, 4.69) is 24.2 Å². The minimum absolute atomic E-state index is 0.517. The Morgan fingerprint density at radius 1 is 1.55 bits per heavy atom. The van der Waals surface area contributed by atoms with E-state index >= 15 is 0 Å². The summed E-state index contributed by atoms with van der Waals surface area (Å²) >= 11 is 14.3. The number of hydrogen-bond donors (Lipinski definition) is 0. The van der Waals surface area contributed by atoms with Crippen LogP contribution in [0.4, 0.5) is 13.2 Å². The molecule has 0 aromatic heterocycles. The Balaban J connectivity index is 3.54. The molecule has 67 valence electrons. The van der Waals surface area contributed by atoms with Gasteiger partial charge in [-0.05, 0) is 11.6 Å². The minimum Gasteiger partial charge on any atom is -0.228 e. The van der Waals surface area contributed by atoms with Gasteiger partial charge < -0.3 is 0 Å². The summed E-state index contributed by atoms with van der Waals surface area (Å²) in [5.41, 5.74) is -1.80. The summed E-state index contributed by atoms with van der Waals surface area (Å²) in [7, 11) is 0. The van der Waals surface area contributed by atoms with Gasteiger partial charge in [0, 0.05) is 0 Å². The Hall–Kier alpha value is 1.07. The van der Waals surface area contributed by atoms with Gasteiger partial charge in [0.25, 0.3) is 0 Å². The molecular formula is C4H4Cl2F3S2. The van der Waals surface area contributed by atoms with E-state index < -0.39 is 21.3 Å². The topological polar surface area (TPSA) is 0 Å². The fourth-order valence-electron chi connectivity index (χ4n) is 0.249.